The van der Waals surface area contributed by atoms with E-state index in [0.717, 1.165) is 22.3 Å². The lowest BCUT2D eigenvalue weighted by Gasteiger charge is -2.40. The first kappa shape index (κ1) is 8.93. The molecule has 2 atom stereocenters. The van der Waals surface area contributed by atoms with Gasteiger partial charge in [-0.1, -0.05) is 20.3 Å². The van der Waals surface area contributed by atoms with E-state index in [0.29, 0.717) is 0 Å². The lowest BCUT2D eigenvalue weighted by molar-refractivity contribution is 0.292. The summed E-state index contributed by atoms with van der Waals surface area (Å²) in [7, 11) is 0. The number of hydrogen-bond donors (Lipinski definition) is 0. The van der Waals surface area contributed by atoms with Crippen LogP contribution < -0.4 is 0 Å². The van der Waals surface area contributed by atoms with Gasteiger partial charge in [0.1, 0.15) is 0 Å². The van der Waals surface area contributed by atoms with Crippen molar-refractivity contribution in [2.75, 3.05) is 0 Å². The molecule has 70 valence electrons. The maximum atomic E-state index is 2.40. The number of thioether (sulfide) groups is 1. The average Bonchev–Trinajstić information content (AvgIpc) is 2.03. The fourth-order valence-corrected chi connectivity index (χ4v) is 4.51. The standard InChI is InChI=1S/C11H20S/c1-8(2)9-6-10-4-3-5-11(7-9)12-10/h8-11H,3-7H2,1-2H3. The molecule has 2 bridgehead atoms. The fourth-order valence-electron chi connectivity index (χ4n) is 2.64. The van der Waals surface area contributed by atoms with Gasteiger partial charge in [0.2, 0.25) is 0 Å². The molecule has 12 heavy (non-hydrogen) atoms. The van der Waals surface area contributed by atoms with Crippen molar-refractivity contribution < 1.29 is 0 Å². The van der Waals surface area contributed by atoms with Gasteiger partial charge in [-0.3, -0.25) is 0 Å². The van der Waals surface area contributed by atoms with Gasteiger partial charge in [0.05, 0.1) is 0 Å². The summed E-state index contributed by atoms with van der Waals surface area (Å²) in [6.45, 7) is 4.80. The average molecular weight is 184 g/mol. The molecule has 1 heteroatoms. The highest BCUT2D eigenvalue weighted by atomic mass is 32.2. The van der Waals surface area contributed by atoms with Crippen LogP contribution in [0.1, 0.15) is 46.0 Å². The molecule has 0 saturated carbocycles. The SMILES string of the molecule is CC(C)C1CC2CCCC(C1)S2. The lowest BCUT2D eigenvalue weighted by atomic mass is 9.82. The van der Waals surface area contributed by atoms with E-state index in [9.17, 15) is 0 Å². The lowest BCUT2D eigenvalue weighted by Crippen LogP contribution is -2.31. The Labute approximate surface area is 80.5 Å². The molecular formula is C11H20S. The van der Waals surface area contributed by atoms with Gasteiger partial charge in [0.15, 0.2) is 0 Å². The molecule has 0 radical (unpaired) electrons. The highest BCUT2D eigenvalue weighted by Gasteiger charge is 2.33. The van der Waals surface area contributed by atoms with Crippen LogP contribution in [-0.2, 0) is 0 Å². The Balaban J connectivity index is 1.96. The molecule has 2 heterocycles. The zero-order valence-corrected chi connectivity index (χ0v) is 9.07. The van der Waals surface area contributed by atoms with Crippen LogP contribution in [0.2, 0.25) is 0 Å². The second-order valence-electron chi connectivity index (χ2n) is 4.79. The van der Waals surface area contributed by atoms with E-state index in [1.165, 1.54) is 32.1 Å². The van der Waals surface area contributed by atoms with Crippen LogP contribution in [0.15, 0.2) is 0 Å². The van der Waals surface area contributed by atoms with Gasteiger partial charge in [-0.05, 0) is 37.5 Å². The molecular weight excluding hydrogens is 164 g/mol. The third-order valence-electron chi connectivity index (χ3n) is 3.51. The van der Waals surface area contributed by atoms with Gasteiger partial charge in [-0.2, -0.15) is 11.8 Å². The van der Waals surface area contributed by atoms with Gasteiger partial charge in [-0.15, -0.1) is 0 Å². The quantitative estimate of drug-likeness (QED) is 0.598. The van der Waals surface area contributed by atoms with Crippen molar-refractivity contribution in [1.82, 2.24) is 0 Å². The van der Waals surface area contributed by atoms with Crippen molar-refractivity contribution in [3.05, 3.63) is 0 Å². The molecule has 0 spiro atoms. The minimum atomic E-state index is 0.925. The molecule has 2 fully saturated rings. The molecule has 0 aromatic heterocycles. The Morgan fingerprint density at radius 1 is 1.08 bits per heavy atom. The maximum absolute atomic E-state index is 2.40. The maximum Gasteiger partial charge on any atom is 0.00525 e. The molecule has 2 saturated heterocycles. The van der Waals surface area contributed by atoms with Gasteiger partial charge in [-0.25, -0.2) is 0 Å². The first-order chi connectivity index (χ1) is 5.75. The monoisotopic (exact) mass is 184 g/mol. The molecule has 2 aliphatic rings. The van der Waals surface area contributed by atoms with Gasteiger partial charge >= 0.3 is 0 Å². The first-order valence-electron chi connectivity index (χ1n) is 5.41. The van der Waals surface area contributed by atoms with Crippen LogP contribution in [0.4, 0.5) is 0 Å². The van der Waals surface area contributed by atoms with E-state index in [1.54, 1.807) is 0 Å². The number of hydrogen-bond acceptors (Lipinski definition) is 1. The Bertz CT molecular complexity index is 141. The minimum absolute atomic E-state index is 0.925. The van der Waals surface area contributed by atoms with Crippen molar-refractivity contribution >= 4 is 11.8 Å². The third kappa shape index (κ3) is 1.81. The van der Waals surface area contributed by atoms with E-state index in [1.807, 2.05) is 0 Å². The Hall–Kier alpha value is 0.350. The van der Waals surface area contributed by atoms with E-state index in [-0.39, 0.29) is 0 Å². The van der Waals surface area contributed by atoms with Crippen LogP contribution in [-0.4, -0.2) is 10.5 Å². The molecule has 0 nitrogen and oxygen atoms in total. The smallest absolute Gasteiger partial charge is 0.00525 e. The Kier molecular flexibility index (Phi) is 2.69. The zero-order chi connectivity index (χ0) is 8.55. The summed E-state index contributed by atoms with van der Waals surface area (Å²) in [6.07, 6.45) is 7.54. The summed E-state index contributed by atoms with van der Waals surface area (Å²) in [5.41, 5.74) is 0. The molecule has 0 aliphatic carbocycles. The summed E-state index contributed by atoms with van der Waals surface area (Å²) >= 11 is 2.29. The van der Waals surface area contributed by atoms with E-state index in [2.05, 4.69) is 25.6 Å². The summed E-state index contributed by atoms with van der Waals surface area (Å²) in [5, 5.41) is 2.06. The van der Waals surface area contributed by atoms with Crippen LogP contribution in [0.25, 0.3) is 0 Å². The van der Waals surface area contributed by atoms with E-state index in [4.69, 9.17) is 0 Å². The topological polar surface area (TPSA) is 0 Å². The molecule has 2 rings (SSSR count). The van der Waals surface area contributed by atoms with Gasteiger partial charge in [0.25, 0.3) is 0 Å². The van der Waals surface area contributed by atoms with Crippen molar-refractivity contribution in [3.63, 3.8) is 0 Å². The summed E-state index contributed by atoms with van der Waals surface area (Å²) < 4.78 is 0. The van der Waals surface area contributed by atoms with Gasteiger partial charge < -0.3 is 0 Å². The predicted molar refractivity (Wildman–Crippen MR) is 56.6 cm³/mol. The van der Waals surface area contributed by atoms with Crippen LogP contribution >= 0.6 is 11.8 Å². The zero-order valence-electron chi connectivity index (χ0n) is 8.25. The van der Waals surface area contributed by atoms with Crippen LogP contribution in [0, 0.1) is 11.8 Å². The first-order valence-corrected chi connectivity index (χ1v) is 6.35. The van der Waals surface area contributed by atoms with E-state index >= 15 is 0 Å². The van der Waals surface area contributed by atoms with Crippen molar-refractivity contribution in [3.8, 4) is 0 Å². The highest BCUT2D eigenvalue weighted by Crippen LogP contribution is 2.45. The second-order valence-corrected chi connectivity index (χ2v) is 6.39. The van der Waals surface area contributed by atoms with Crippen molar-refractivity contribution in [1.29, 1.82) is 0 Å². The molecule has 0 aromatic rings. The Morgan fingerprint density at radius 3 is 2.17 bits per heavy atom. The van der Waals surface area contributed by atoms with E-state index < -0.39 is 0 Å². The minimum Gasteiger partial charge on any atom is -0.155 e. The third-order valence-corrected chi connectivity index (χ3v) is 5.14. The summed E-state index contributed by atoms with van der Waals surface area (Å²) in [4.78, 5) is 0. The van der Waals surface area contributed by atoms with Crippen LogP contribution in [0.5, 0.6) is 0 Å². The number of fused-ring (bicyclic) bond motifs is 2. The molecule has 2 unspecified atom stereocenters. The molecule has 0 aromatic carbocycles. The van der Waals surface area contributed by atoms with Gasteiger partial charge in [0, 0.05) is 10.5 Å². The number of rotatable bonds is 1. The highest BCUT2D eigenvalue weighted by molar-refractivity contribution is 8.00. The molecule has 0 N–H and O–H groups in total. The summed E-state index contributed by atoms with van der Waals surface area (Å²) in [6, 6.07) is 0. The fraction of sp³-hybridized carbons (Fsp3) is 1.00. The normalized spacial score (nSPS) is 41.8. The van der Waals surface area contributed by atoms with Crippen molar-refractivity contribution in [2.24, 2.45) is 11.8 Å². The van der Waals surface area contributed by atoms with Crippen molar-refractivity contribution in [2.45, 2.75) is 56.5 Å². The predicted octanol–water partition coefficient (Wildman–Crippen LogP) is 3.71. The second kappa shape index (κ2) is 3.61. The largest absolute Gasteiger partial charge is 0.155 e. The molecule has 0 amide bonds. The Morgan fingerprint density at radius 2 is 1.67 bits per heavy atom. The summed E-state index contributed by atoms with van der Waals surface area (Å²) in [5.74, 6) is 1.97. The molecule has 2 aliphatic heterocycles. The van der Waals surface area contributed by atoms with Crippen LogP contribution in [0.3, 0.4) is 0 Å².